The highest BCUT2D eigenvalue weighted by Crippen LogP contribution is 2.51. The van der Waals surface area contributed by atoms with Crippen LogP contribution in [0, 0.1) is 22.2 Å². The van der Waals surface area contributed by atoms with Crippen molar-refractivity contribution in [3.8, 4) is 11.8 Å². The number of likely N-dealkylation sites (tertiary alicyclic amines) is 1. The molecule has 0 radical (unpaired) electrons. The van der Waals surface area contributed by atoms with Crippen LogP contribution in [0.3, 0.4) is 0 Å². The summed E-state index contributed by atoms with van der Waals surface area (Å²) in [6.07, 6.45) is 3.76. The summed E-state index contributed by atoms with van der Waals surface area (Å²) >= 11 is 0. The molecule has 2 aliphatic carbocycles. The van der Waals surface area contributed by atoms with Crippen LogP contribution in [-0.2, 0) is 24.2 Å². The first-order valence-corrected chi connectivity index (χ1v) is 10.2. The van der Waals surface area contributed by atoms with Gasteiger partial charge in [0.1, 0.15) is 12.4 Å². The minimum atomic E-state index is -0.629. The lowest BCUT2D eigenvalue weighted by atomic mass is 9.76. The topological polar surface area (TPSA) is 73.6 Å². The smallest absolute Gasteiger partial charge is 0.310 e. The zero-order valence-corrected chi connectivity index (χ0v) is 16.4. The van der Waals surface area contributed by atoms with Crippen LogP contribution in [0.1, 0.15) is 35.1 Å². The summed E-state index contributed by atoms with van der Waals surface area (Å²) in [5.41, 5.74) is 4.19. The number of aliphatic carboxylic acids is 1. The molecule has 5 heteroatoms. The average Bonchev–Trinajstić information content (AvgIpc) is 3.38. The van der Waals surface area contributed by atoms with Gasteiger partial charge in [-0.2, -0.15) is 5.26 Å². The molecule has 1 heterocycles. The van der Waals surface area contributed by atoms with Crippen LogP contribution in [-0.4, -0.2) is 35.6 Å². The molecular weight excluding hydrogens is 364 g/mol. The maximum Gasteiger partial charge on any atom is 0.310 e. The number of fused-ring (bicyclic) bond motifs is 1. The summed E-state index contributed by atoms with van der Waals surface area (Å²) in [5, 5.41) is 18.4. The van der Waals surface area contributed by atoms with E-state index in [1.165, 1.54) is 11.1 Å². The molecule has 5 rings (SSSR count). The van der Waals surface area contributed by atoms with Gasteiger partial charge in [0.05, 0.1) is 17.0 Å². The molecule has 2 aromatic carbocycles. The highest BCUT2D eigenvalue weighted by atomic mass is 16.5. The molecule has 29 heavy (non-hydrogen) atoms. The van der Waals surface area contributed by atoms with Gasteiger partial charge in [-0.25, -0.2) is 0 Å². The van der Waals surface area contributed by atoms with Crippen molar-refractivity contribution in [2.24, 2.45) is 10.8 Å². The summed E-state index contributed by atoms with van der Waals surface area (Å²) in [6.45, 7) is 3.14. The summed E-state index contributed by atoms with van der Waals surface area (Å²) < 4.78 is 5.97. The summed E-state index contributed by atoms with van der Waals surface area (Å²) in [6, 6.07) is 16.0. The SMILES string of the molecule is N#Cc1cccc(COc2ccc3c(c2)CC2(C3)CN(CC3(C(=O)O)CC3)C2)c1. The molecule has 2 aromatic rings. The van der Waals surface area contributed by atoms with Gasteiger partial charge >= 0.3 is 5.97 Å². The predicted octanol–water partition coefficient (Wildman–Crippen LogP) is 3.40. The van der Waals surface area contributed by atoms with Gasteiger partial charge in [-0.15, -0.1) is 0 Å². The Morgan fingerprint density at radius 1 is 1.14 bits per heavy atom. The molecule has 0 unspecified atom stereocenters. The van der Waals surface area contributed by atoms with E-state index in [1.807, 2.05) is 24.3 Å². The summed E-state index contributed by atoms with van der Waals surface area (Å²) in [7, 11) is 0. The zero-order valence-electron chi connectivity index (χ0n) is 16.4. The Morgan fingerprint density at radius 2 is 1.93 bits per heavy atom. The van der Waals surface area contributed by atoms with Gasteiger partial charge in [0.15, 0.2) is 0 Å². The number of benzene rings is 2. The number of rotatable bonds is 6. The second-order valence-electron chi connectivity index (χ2n) is 9.12. The van der Waals surface area contributed by atoms with Gasteiger partial charge < -0.3 is 14.7 Å². The number of nitriles is 1. The lowest BCUT2D eigenvalue weighted by Gasteiger charge is -2.49. The Kier molecular flexibility index (Phi) is 4.15. The molecule has 1 spiro atoms. The number of hydrogen-bond donors (Lipinski definition) is 1. The first kappa shape index (κ1) is 18.2. The largest absolute Gasteiger partial charge is 0.489 e. The molecular formula is C24H24N2O3. The van der Waals surface area contributed by atoms with Crippen molar-refractivity contribution in [2.45, 2.75) is 32.3 Å². The van der Waals surface area contributed by atoms with E-state index < -0.39 is 11.4 Å². The first-order chi connectivity index (χ1) is 14.0. The Labute approximate surface area is 170 Å². The van der Waals surface area contributed by atoms with Gasteiger partial charge in [-0.05, 0) is 66.6 Å². The average molecular weight is 388 g/mol. The van der Waals surface area contributed by atoms with Crippen molar-refractivity contribution in [1.82, 2.24) is 4.90 Å². The van der Waals surface area contributed by atoms with E-state index in [0.717, 1.165) is 50.1 Å². The van der Waals surface area contributed by atoms with E-state index in [0.29, 0.717) is 18.7 Å². The number of carboxylic acids is 1. The number of nitrogens with zero attached hydrogens (tertiary/aromatic N) is 2. The minimum Gasteiger partial charge on any atom is -0.489 e. The number of carboxylic acid groups (broad SMARTS) is 1. The maximum atomic E-state index is 11.4. The van der Waals surface area contributed by atoms with E-state index in [2.05, 4.69) is 23.1 Å². The normalized spacial score (nSPS) is 20.5. The minimum absolute atomic E-state index is 0.274. The Balaban J connectivity index is 1.19. The van der Waals surface area contributed by atoms with Gasteiger partial charge in [0.2, 0.25) is 0 Å². The van der Waals surface area contributed by atoms with Gasteiger partial charge in [0, 0.05) is 25.0 Å². The van der Waals surface area contributed by atoms with Crippen LogP contribution in [0.5, 0.6) is 5.75 Å². The Morgan fingerprint density at radius 3 is 2.66 bits per heavy atom. The molecule has 148 valence electrons. The van der Waals surface area contributed by atoms with E-state index >= 15 is 0 Å². The van der Waals surface area contributed by atoms with E-state index in [1.54, 1.807) is 6.07 Å². The van der Waals surface area contributed by atoms with Crippen LogP contribution >= 0.6 is 0 Å². The highest BCUT2D eigenvalue weighted by Gasteiger charge is 2.55. The van der Waals surface area contributed by atoms with Crippen molar-refractivity contribution in [3.05, 3.63) is 64.7 Å². The lowest BCUT2D eigenvalue weighted by molar-refractivity contribution is -0.145. The molecule has 0 aromatic heterocycles. The van der Waals surface area contributed by atoms with Gasteiger partial charge in [-0.1, -0.05) is 18.2 Å². The predicted molar refractivity (Wildman–Crippen MR) is 108 cm³/mol. The standard InChI is InChI=1S/C24H24N2O3/c25-12-17-2-1-3-18(8-17)13-29-21-5-4-19-10-23(11-20(19)9-21)14-26(15-23)16-24(6-7-24)22(27)28/h1-5,8-9H,6-7,10-11,13-16H2,(H,27,28). The van der Waals surface area contributed by atoms with E-state index in [-0.39, 0.29) is 5.41 Å². The Bertz CT molecular complexity index is 1010. The van der Waals surface area contributed by atoms with Crippen molar-refractivity contribution < 1.29 is 14.6 Å². The fraction of sp³-hybridized carbons (Fsp3) is 0.417. The molecule has 1 aliphatic heterocycles. The molecule has 0 amide bonds. The quantitative estimate of drug-likeness (QED) is 0.821. The number of ether oxygens (including phenoxy) is 1. The van der Waals surface area contributed by atoms with Crippen molar-refractivity contribution >= 4 is 5.97 Å². The highest BCUT2D eigenvalue weighted by molar-refractivity contribution is 5.78. The molecule has 5 nitrogen and oxygen atoms in total. The van der Waals surface area contributed by atoms with Crippen LogP contribution in [0.2, 0.25) is 0 Å². The first-order valence-electron chi connectivity index (χ1n) is 10.2. The molecule has 3 aliphatic rings. The number of carbonyl (C=O) groups is 1. The van der Waals surface area contributed by atoms with Crippen molar-refractivity contribution in [1.29, 1.82) is 5.26 Å². The number of hydrogen-bond acceptors (Lipinski definition) is 4. The third-order valence-electron chi connectivity index (χ3n) is 6.72. The fourth-order valence-corrected chi connectivity index (χ4v) is 5.05. The molecule has 1 saturated carbocycles. The van der Waals surface area contributed by atoms with E-state index in [9.17, 15) is 9.90 Å². The van der Waals surface area contributed by atoms with Crippen molar-refractivity contribution in [2.75, 3.05) is 19.6 Å². The summed E-state index contributed by atoms with van der Waals surface area (Å²) in [5.74, 6) is 0.234. The van der Waals surface area contributed by atoms with Crippen molar-refractivity contribution in [3.63, 3.8) is 0 Å². The Hall–Kier alpha value is -2.84. The lowest BCUT2D eigenvalue weighted by Crippen LogP contribution is -2.58. The maximum absolute atomic E-state index is 11.4. The van der Waals surface area contributed by atoms with Gasteiger partial charge in [-0.3, -0.25) is 4.79 Å². The van der Waals surface area contributed by atoms with Crippen LogP contribution in [0.15, 0.2) is 42.5 Å². The fourth-order valence-electron chi connectivity index (χ4n) is 5.05. The van der Waals surface area contributed by atoms with Crippen LogP contribution in [0.4, 0.5) is 0 Å². The van der Waals surface area contributed by atoms with Crippen LogP contribution < -0.4 is 4.74 Å². The second-order valence-corrected chi connectivity index (χ2v) is 9.12. The monoisotopic (exact) mass is 388 g/mol. The third-order valence-corrected chi connectivity index (χ3v) is 6.72. The molecule has 0 atom stereocenters. The molecule has 2 fully saturated rings. The zero-order chi connectivity index (χ0) is 20.1. The summed E-state index contributed by atoms with van der Waals surface area (Å²) in [4.78, 5) is 13.8. The van der Waals surface area contributed by atoms with Crippen LogP contribution in [0.25, 0.3) is 0 Å². The van der Waals surface area contributed by atoms with E-state index in [4.69, 9.17) is 10.00 Å². The molecule has 1 N–H and O–H groups in total. The third kappa shape index (κ3) is 3.38. The van der Waals surface area contributed by atoms with Gasteiger partial charge in [0.25, 0.3) is 0 Å². The molecule has 1 saturated heterocycles. The second kappa shape index (κ2) is 6.60. The molecule has 0 bridgehead atoms.